The van der Waals surface area contributed by atoms with E-state index in [1.54, 1.807) is 5.56 Å². The Morgan fingerprint density at radius 1 is 1.47 bits per heavy atom. The Bertz CT molecular complexity index is 441. The Morgan fingerprint density at radius 3 is 2.94 bits per heavy atom. The third-order valence-corrected chi connectivity index (χ3v) is 4.69. The van der Waals surface area contributed by atoms with Crippen molar-refractivity contribution in [3.05, 3.63) is 33.8 Å². The molecule has 0 amide bonds. The van der Waals surface area contributed by atoms with E-state index in [-0.39, 0.29) is 0 Å². The minimum Gasteiger partial charge on any atom is -0.120 e. The first kappa shape index (κ1) is 12.7. The van der Waals surface area contributed by atoms with Gasteiger partial charge in [0, 0.05) is 10.9 Å². The van der Waals surface area contributed by atoms with Crippen LogP contribution in [0.15, 0.2) is 22.7 Å². The molecule has 2 rings (SSSR count). The van der Waals surface area contributed by atoms with Crippen molar-refractivity contribution in [3.8, 4) is 12.3 Å². The summed E-state index contributed by atoms with van der Waals surface area (Å²) in [6, 6.07) is 6.72. The van der Waals surface area contributed by atoms with E-state index in [0.29, 0.717) is 17.8 Å². The standard InChI is InChI=1S/C16H19Br/c1-4-5-11(2)12(3)15-8-6-13-10-14(17)7-9-16(13)15/h1,7,9-12,15H,5-6,8H2,2-3H3. The molecule has 0 N–H and O–H groups in total. The van der Waals surface area contributed by atoms with E-state index in [1.807, 2.05) is 0 Å². The lowest BCUT2D eigenvalue weighted by molar-refractivity contribution is 0.328. The summed E-state index contributed by atoms with van der Waals surface area (Å²) in [7, 11) is 0. The summed E-state index contributed by atoms with van der Waals surface area (Å²) in [5, 5.41) is 0. The summed E-state index contributed by atoms with van der Waals surface area (Å²) in [5.41, 5.74) is 3.06. The van der Waals surface area contributed by atoms with Crippen LogP contribution < -0.4 is 0 Å². The van der Waals surface area contributed by atoms with Gasteiger partial charge in [-0.05, 0) is 53.9 Å². The molecule has 0 bridgehead atoms. The number of rotatable bonds is 3. The van der Waals surface area contributed by atoms with Crippen LogP contribution in [0.2, 0.25) is 0 Å². The molecule has 0 spiro atoms. The molecule has 0 fully saturated rings. The van der Waals surface area contributed by atoms with Crippen molar-refractivity contribution in [3.63, 3.8) is 0 Å². The maximum atomic E-state index is 5.42. The number of hydrogen-bond donors (Lipinski definition) is 0. The molecule has 1 aliphatic carbocycles. The van der Waals surface area contributed by atoms with Crippen molar-refractivity contribution >= 4 is 15.9 Å². The van der Waals surface area contributed by atoms with Crippen molar-refractivity contribution in [2.45, 2.75) is 39.0 Å². The van der Waals surface area contributed by atoms with Gasteiger partial charge in [-0.25, -0.2) is 0 Å². The van der Waals surface area contributed by atoms with Gasteiger partial charge >= 0.3 is 0 Å². The van der Waals surface area contributed by atoms with Crippen molar-refractivity contribution < 1.29 is 0 Å². The molecule has 0 saturated carbocycles. The highest BCUT2D eigenvalue weighted by atomic mass is 79.9. The predicted octanol–water partition coefficient (Wildman–Crippen LogP) is 4.77. The number of terminal acetylenes is 1. The fraction of sp³-hybridized carbons (Fsp3) is 0.500. The van der Waals surface area contributed by atoms with E-state index in [0.717, 1.165) is 6.42 Å². The van der Waals surface area contributed by atoms with E-state index in [4.69, 9.17) is 6.42 Å². The largest absolute Gasteiger partial charge is 0.120 e. The Labute approximate surface area is 113 Å². The Morgan fingerprint density at radius 2 is 2.24 bits per heavy atom. The molecule has 3 atom stereocenters. The maximum absolute atomic E-state index is 5.42. The summed E-state index contributed by atoms with van der Waals surface area (Å²) in [6.07, 6.45) is 8.81. The molecule has 90 valence electrons. The molecule has 0 aromatic heterocycles. The summed E-state index contributed by atoms with van der Waals surface area (Å²) < 4.78 is 1.20. The molecule has 0 aliphatic heterocycles. The van der Waals surface area contributed by atoms with Crippen LogP contribution in [0.4, 0.5) is 0 Å². The first-order valence-corrected chi connectivity index (χ1v) is 7.14. The van der Waals surface area contributed by atoms with E-state index in [9.17, 15) is 0 Å². The number of halogens is 1. The zero-order valence-electron chi connectivity index (χ0n) is 10.5. The van der Waals surface area contributed by atoms with Gasteiger partial charge in [-0.3, -0.25) is 0 Å². The Balaban J connectivity index is 2.19. The fourth-order valence-electron chi connectivity index (χ4n) is 2.93. The van der Waals surface area contributed by atoms with Gasteiger partial charge in [0.25, 0.3) is 0 Å². The van der Waals surface area contributed by atoms with Gasteiger partial charge < -0.3 is 0 Å². The molecule has 1 aromatic carbocycles. The van der Waals surface area contributed by atoms with Gasteiger partial charge in [0.2, 0.25) is 0 Å². The summed E-state index contributed by atoms with van der Waals surface area (Å²) in [6.45, 7) is 4.63. The van der Waals surface area contributed by atoms with Gasteiger partial charge in [0.05, 0.1) is 0 Å². The molecule has 0 heterocycles. The summed E-state index contributed by atoms with van der Waals surface area (Å²) in [4.78, 5) is 0. The first-order valence-electron chi connectivity index (χ1n) is 6.35. The van der Waals surface area contributed by atoms with Crippen LogP contribution in [0, 0.1) is 24.2 Å². The third kappa shape index (κ3) is 2.58. The lowest BCUT2D eigenvalue weighted by Crippen LogP contribution is -2.15. The number of aryl methyl sites for hydroxylation is 1. The van der Waals surface area contributed by atoms with E-state index in [1.165, 1.54) is 22.9 Å². The van der Waals surface area contributed by atoms with Crippen molar-refractivity contribution in [2.75, 3.05) is 0 Å². The average Bonchev–Trinajstić information content (AvgIpc) is 2.71. The number of benzene rings is 1. The fourth-order valence-corrected chi connectivity index (χ4v) is 3.34. The number of hydrogen-bond acceptors (Lipinski definition) is 0. The highest BCUT2D eigenvalue weighted by Crippen LogP contribution is 2.42. The molecule has 0 saturated heterocycles. The quantitative estimate of drug-likeness (QED) is 0.703. The van der Waals surface area contributed by atoms with Gasteiger partial charge in [-0.1, -0.05) is 35.8 Å². The molecule has 0 radical (unpaired) electrons. The van der Waals surface area contributed by atoms with Gasteiger partial charge in [0.1, 0.15) is 0 Å². The van der Waals surface area contributed by atoms with Gasteiger partial charge in [-0.15, -0.1) is 12.3 Å². The second-order valence-corrected chi connectivity index (χ2v) is 6.15. The van der Waals surface area contributed by atoms with Crippen LogP contribution in [0.3, 0.4) is 0 Å². The summed E-state index contributed by atoms with van der Waals surface area (Å²) >= 11 is 3.55. The van der Waals surface area contributed by atoms with Gasteiger partial charge in [-0.2, -0.15) is 0 Å². The third-order valence-electron chi connectivity index (χ3n) is 4.20. The maximum Gasteiger partial charge on any atom is 0.0178 e. The average molecular weight is 291 g/mol. The molecule has 3 unspecified atom stereocenters. The van der Waals surface area contributed by atoms with E-state index < -0.39 is 0 Å². The minimum atomic E-state index is 0.611. The molecular weight excluding hydrogens is 272 g/mol. The monoisotopic (exact) mass is 290 g/mol. The molecule has 1 heteroatoms. The van der Waals surface area contributed by atoms with Crippen LogP contribution in [0.25, 0.3) is 0 Å². The zero-order valence-corrected chi connectivity index (χ0v) is 12.1. The van der Waals surface area contributed by atoms with Crippen LogP contribution in [-0.2, 0) is 6.42 Å². The SMILES string of the molecule is C#CCC(C)C(C)C1CCc2cc(Br)ccc21. The highest BCUT2D eigenvalue weighted by Gasteiger charge is 2.29. The van der Waals surface area contributed by atoms with Crippen LogP contribution in [-0.4, -0.2) is 0 Å². The van der Waals surface area contributed by atoms with E-state index >= 15 is 0 Å². The molecular formula is C16H19Br. The van der Waals surface area contributed by atoms with Gasteiger partial charge in [0.15, 0.2) is 0 Å². The Kier molecular flexibility index (Phi) is 3.94. The lowest BCUT2D eigenvalue weighted by atomic mass is 9.79. The van der Waals surface area contributed by atoms with Crippen LogP contribution in [0.5, 0.6) is 0 Å². The minimum absolute atomic E-state index is 0.611. The summed E-state index contributed by atoms with van der Waals surface area (Å²) in [5.74, 6) is 4.78. The zero-order chi connectivity index (χ0) is 12.4. The van der Waals surface area contributed by atoms with Crippen molar-refractivity contribution in [1.82, 2.24) is 0 Å². The molecule has 1 aromatic rings. The topological polar surface area (TPSA) is 0 Å². The molecule has 17 heavy (non-hydrogen) atoms. The van der Waals surface area contributed by atoms with E-state index in [2.05, 4.69) is 53.9 Å². The smallest absolute Gasteiger partial charge is 0.0178 e. The second kappa shape index (κ2) is 5.27. The second-order valence-electron chi connectivity index (χ2n) is 5.23. The predicted molar refractivity (Wildman–Crippen MR) is 77.0 cm³/mol. The molecule has 0 nitrogen and oxygen atoms in total. The highest BCUT2D eigenvalue weighted by molar-refractivity contribution is 9.10. The lowest BCUT2D eigenvalue weighted by Gasteiger charge is -2.25. The van der Waals surface area contributed by atoms with Crippen LogP contribution >= 0.6 is 15.9 Å². The van der Waals surface area contributed by atoms with Crippen LogP contribution in [0.1, 0.15) is 43.7 Å². The van der Waals surface area contributed by atoms with Crippen molar-refractivity contribution in [2.24, 2.45) is 11.8 Å². The normalized spacial score (nSPS) is 21.6. The Hall–Kier alpha value is -0.740. The first-order chi connectivity index (χ1) is 8.13. The van der Waals surface area contributed by atoms with Crippen molar-refractivity contribution in [1.29, 1.82) is 0 Å². The number of fused-ring (bicyclic) bond motifs is 1. The molecule has 1 aliphatic rings.